The fraction of sp³-hybridized carbons (Fsp3) is 0.250. The third kappa shape index (κ3) is 2.45. The summed E-state index contributed by atoms with van der Waals surface area (Å²) in [6.45, 7) is 1.68. The largest absolute Gasteiger partial charge is 0.294 e. The summed E-state index contributed by atoms with van der Waals surface area (Å²) in [5.41, 5.74) is 2.56. The molecule has 0 aromatic heterocycles. The summed E-state index contributed by atoms with van der Waals surface area (Å²) >= 11 is 0. The molecule has 2 aromatic carbocycles. The number of hydrogen-bond acceptors (Lipinski definition) is 2. The van der Waals surface area contributed by atoms with Gasteiger partial charge in [-0.2, -0.15) is 5.06 Å². The van der Waals surface area contributed by atoms with Crippen molar-refractivity contribution in [2.24, 2.45) is 0 Å². The Hall–Kier alpha value is -1.64. The Morgan fingerprint density at radius 2 is 1.61 bits per heavy atom. The first kappa shape index (κ1) is 11.5. The van der Waals surface area contributed by atoms with Crippen molar-refractivity contribution in [2.75, 3.05) is 6.54 Å². The van der Waals surface area contributed by atoms with Crippen LogP contribution in [0.1, 0.15) is 23.6 Å². The molecule has 1 atom stereocenters. The predicted molar refractivity (Wildman–Crippen MR) is 71.7 cm³/mol. The molecule has 2 aromatic rings. The normalized spacial score (nSPS) is 19.4. The average Bonchev–Trinajstić information content (AvgIpc) is 2.40. The summed E-state index contributed by atoms with van der Waals surface area (Å²) < 4.78 is 0. The monoisotopic (exact) mass is 239 g/mol. The molecule has 1 unspecified atom stereocenters. The lowest BCUT2D eigenvalue weighted by atomic mass is 9.97. The van der Waals surface area contributed by atoms with E-state index in [2.05, 4.69) is 47.5 Å². The molecule has 3 rings (SSSR count). The first-order valence-corrected chi connectivity index (χ1v) is 6.42. The van der Waals surface area contributed by atoms with Crippen LogP contribution < -0.4 is 0 Å². The fourth-order valence-electron chi connectivity index (χ4n) is 2.26. The highest BCUT2D eigenvalue weighted by Gasteiger charge is 2.30. The minimum Gasteiger partial charge on any atom is -0.294 e. The molecule has 1 aliphatic rings. The van der Waals surface area contributed by atoms with Crippen molar-refractivity contribution in [3.05, 3.63) is 71.8 Å². The van der Waals surface area contributed by atoms with Crippen LogP contribution in [0, 0.1) is 0 Å². The second-order valence-corrected chi connectivity index (χ2v) is 4.61. The van der Waals surface area contributed by atoms with E-state index in [0.29, 0.717) is 12.6 Å². The van der Waals surface area contributed by atoms with E-state index in [1.165, 1.54) is 17.5 Å². The molecule has 92 valence electrons. The zero-order chi connectivity index (χ0) is 12.2. The SMILES string of the molecule is c1ccc(CON2CCC2c2ccccc2)cc1. The first-order chi connectivity index (χ1) is 8.93. The Balaban J connectivity index is 1.58. The summed E-state index contributed by atoms with van der Waals surface area (Å²) in [4.78, 5) is 5.86. The van der Waals surface area contributed by atoms with E-state index in [1.807, 2.05) is 18.2 Å². The van der Waals surface area contributed by atoms with Gasteiger partial charge in [-0.3, -0.25) is 4.84 Å². The topological polar surface area (TPSA) is 12.5 Å². The lowest BCUT2D eigenvalue weighted by molar-refractivity contribution is -0.243. The van der Waals surface area contributed by atoms with Crippen LogP contribution in [-0.4, -0.2) is 11.6 Å². The standard InChI is InChI=1S/C16H17NO/c1-3-7-14(8-4-1)13-18-17-12-11-16(17)15-9-5-2-6-10-15/h1-10,16H,11-13H2. The van der Waals surface area contributed by atoms with E-state index in [4.69, 9.17) is 4.84 Å². The van der Waals surface area contributed by atoms with Gasteiger partial charge in [-0.05, 0) is 17.5 Å². The van der Waals surface area contributed by atoms with Crippen LogP contribution in [0.2, 0.25) is 0 Å². The van der Waals surface area contributed by atoms with Crippen molar-refractivity contribution in [2.45, 2.75) is 19.1 Å². The molecule has 0 N–H and O–H groups in total. The highest BCUT2D eigenvalue weighted by molar-refractivity contribution is 5.20. The highest BCUT2D eigenvalue weighted by atomic mass is 16.7. The molecule has 1 saturated heterocycles. The summed E-state index contributed by atoms with van der Waals surface area (Å²) in [5, 5.41) is 2.09. The van der Waals surface area contributed by atoms with Gasteiger partial charge in [-0.15, -0.1) is 0 Å². The molecule has 0 bridgehead atoms. The maximum Gasteiger partial charge on any atom is 0.0936 e. The Kier molecular flexibility index (Phi) is 3.40. The highest BCUT2D eigenvalue weighted by Crippen LogP contribution is 2.33. The van der Waals surface area contributed by atoms with Gasteiger partial charge in [0.05, 0.1) is 12.6 Å². The van der Waals surface area contributed by atoms with Crippen LogP contribution in [0.15, 0.2) is 60.7 Å². The zero-order valence-electron chi connectivity index (χ0n) is 10.3. The van der Waals surface area contributed by atoms with Gasteiger partial charge in [0, 0.05) is 6.54 Å². The van der Waals surface area contributed by atoms with E-state index < -0.39 is 0 Å². The van der Waals surface area contributed by atoms with E-state index in [-0.39, 0.29) is 0 Å². The molecular weight excluding hydrogens is 222 g/mol. The maximum absolute atomic E-state index is 5.86. The van der Waals surface area contributed by atoms with Crippen LogP contribution in [0.5, 0.6) is 0 Å². The van der Waals surface area contributed by atoms with Crippen LogP contribution in [-0.2, 0) is 11.4 Å². The number of hydrogen-bond donors (Lipinski definition) is 0. The quantitative estimate of drug-likeness (QED) is 0.808. The van der Waals surface area contributed by atoms with Crippen molar-refractivity contribution < 1.29 is 4.84 Å². The number of benzene rings is 2. The lowest BCUT2D eigenvalue weighted by Crippen LogP contribution is -2.40. The third-order valence-corrected chi connectivity index (χ3v) is 3.39. The van der Waals surface area contributed by atoms with Gasteiger partial charge >= 0.3 is 0 Å². The minimum atomic E-state index is 0.426. The Morgan fingerprint density at radius 3 is 2.22 bits per heavy atom. The molecule has 1 heterocycles. The summed E-state index contributed by atoms with van der Waals surface area (Å²) in [7, 11) is 0. The molecule has 0 amide bonds. The predicted octanol–water partition coefficient (Wildman–Crippen LogP) is 3.57. The van der Waals surface area contributed by atoms with Crippen molar-refractivity contribution in [1.29, 1.82) is 0 Å². The van der Waals surface area contributed by atoms with Gasteiger partial charge in [0.1, 0.15) is 0 Å². The Labute approximate surface area is 108 Å². The molecule has 1 fully saturated rings. The van der Waals surface area contributed by atoms with Gasteiger partial charge in [0.15, 0.2) is 0 Å². The Morgan fingerprint density at radius 1 is 0.944 bits per heavy atom. The number of nitrogens with zero attached hydrogens (tertiary/aromatic N) is 1. The van der Waals surface area contributed by atoms with Crippen LogP contribution in [0.3, 0.4) is 0 Å². The van der Waals surface area contributed by atoms with Gasteiger partial charge in [0.25, 0.3) is 0 Å². The van der Waals surface area contributed by atoms with Crippen molar-refractivity contribution in [1.82, 2.24) is 5.06 Å². The zero-order valence-corrected chi connectivity index (χ0v) is 10.3. The summed E-state index contributed by atoms with van der Waals surface area (Å²) in [6, 6.07) is 21.3. The van der Waals surface area contributed by atoms with Gasteiger partial charge < -0.3 is 0 Å². The van der Waals surface area contributed by atoms with Crippen molar-refractivity contribution >= 4 is 0 Å². The molecule has 1 aliphatic heterocycles. The average molecular weight is 239 g/mol. The molecule has 0 aliphatic carbocycles. The lowest BCUT2D eigenvalue weighted by Gasteiger charge is -2.39. The summed E-state index contributed by atoms with van der Waals surface area (Å²) in [6.07, 6.45) is 1.18. The fourth-order valence-corrected chi connectivity index (χ4v) is 2.26. The molecule has 2 heteroatoms. The third-order valence-electron chi connectivity index (χ3n) is 3.39. The van der Waals surface area contributed by atoms with E-state index in [0.717, 1.165) is 6.54 Å². The second-order valence-electron chi connectivity index (χ2n) is 4.61. The molecule has 18 heavy (non-hydrogen) atoms. The Bertz CT molecular complexity index is 483. The minimum absolute atomic E-state index is 0.426. The van der Waals surface area contributed by atoms with Crippen molar-refractivity contribution in [3.63, 3.8) is 0 Å². The van der Waals surface area contributed by atoms with E-state index in [1.54, 1.807) is 0 Å². The summed E-state index contributed by atoms with van der Waals surface area (Å²) in [5.74, 6) is 0. The van der Waals surface area contributed by atoms with E-state index >= 15 is 0 Å². The molecular formula is C16H17NO. The van der Waals surface area contributed by atoms with Crippen LogP contribution in [0.4, 0.5) is 0 Å². The second kappa shape index (κ2) is 5.34. The van der Waals surface area contributed by atoms with Gasteiger partial charge in [-0.1, -0.05) is 60.7 Å². The van der Waals surface area contributed by atoms with Gasteiger partial charge in [-0.25, -0.2) is 0 Å². The molecule has 0 radical (unpaired) electrons. The number of hydroxylamine groups is 2. The molecule has 0 spiro atoms. The smallest absolute Gasteiger partial charge is 0.0936 e. The van der Waals surface area contributed by atoms with Crippen LogP contribution >= 0.6 is 0 Å². The molecule has 2 nitrogen and oxygen atoms in total. The first-order valence-electron chi connectivity index (χ1n) is 6.42. The molecule has 0 saturated carbocycles. The van der Waals surface area contributed by atoms with Gasteiger partial charge in [0.2, 0.25) is 0 Å². The number of rotatable bonds is 4. The maximum atomic E-state index is 5.86. The van der Waals surface area contributed by atoms with Crippen LogP contribution in [0.25, 0.3) is 0 Å². The van der Waals surface area contributed by atoms with Crippen molar-refractivity contribution in [3.8, 4) is 0 Å². The van der Waals surface area contributed by atoms with E-state index in [9.17, 15) is 0 Å².